The van der Waals surface area contributed by atoms with Crippen LogP contribution in [0.1, 0.15) is 32.8 Å². The Morgan fingerprint density at radius 3 is 2.26 bits per heavy atom. The second-order valence-electron chi connectivity index (χ2n) is 6.68. The molecule has 1 atom stereocenters. The fraction of sp³-hybridized carbons (Fsp3) is 0.625. The van der Waals surface area contributed by atoms with Crippen LogP contribution in [0, 0.1) is 0 Å². The second-order valence-corrected chi connectivity index (χ2v) is 12.1. The van der Waals surface area contributed by atoms with Crippen molar-refractivity contribution in [2.45, 2.75) is 57.1 Å². The van der Waals surface area contributed by atoms with Crippen LogP contribution in [-0.2, 0) is 10.8 Å². The molecule has 1 rings (SSSR count). The molecule has 1 unspecified atom stereocenters. The van der Waals surface area contributed by atoms with E-state index in [-0.39, 0.29) is 10.4 Å². The van der Waals surface area contributed by atoms with Crippen molar-refractivity contribution in [1.29, 1.82) is 0 Å². The van der Waals surface area contributed by atoms with Gasteiger partial charge in [-0.3, -0.25) is 0 Å². The van der Waals surface area contributed by atoms with Crippen molar-refractivity contribution < 1.29 is 4.43 Å². The summed E-state index contributed by atoms with van der Waals surface area (Å²) in [6.07, 6.45) is 1.84. The third-order valence-corrected chi connectivity index (χ3v) is 8.91. The van der Waals surface area contributed by atoms with Gasteiger partial charge in [-0.1, -0.05) is 51.1 Å². The van der Waals surface area contributed by atoms with Crippen molar-refractivity contribution >= 4 is 19.9 Å². The Morgan fingerprint density at radius 1 is 1.16 bits per heavy atom. The van der Waals surface area contributed by atoms with Crippen LogP contribution >= 0.6 is 11.6 Å². The van der Waals surface area contributed by atoms with Gasteiger partial charge >= 0.3 is 0 Å². The van der Waals surface area contributed by atoms with Crippen molar-refractivity contribution in [3.8, 4) is 0 Å². The van der Waals surface area contributed by atoms with Crippen molar-refractivity contribution in [1.82, 2.24) is 0 Å². The second kappa shape index (κ2) is 6.92. The summed E-state index contributed by atoms with van der Waals surface area (Å²) in [4.78, 5) is 0. The Bertz CT molecular complexity index is 370. The molecule has 3 heteroatoms. The van der Waals surface area contributed by atoms with Gasteiger partial charge in [0, 0.05) is 12.0 Å². The molecule has 1 aromatic carbocycles. The van der Waals surface area contributed by atoms with Gasteiger partial charge in [-0.25, -0.2) is 0 Å². The molecule has 0 heterocycles. The van der Waals surface area contributed by atoms with Gasteiger partial charge in [0.1, 0.15) is 0 Å². The molecule has 0 radical (unpaired) electrons. The van der Waals surface area contributed by atoms with E-state index in [2.05, 4.69) is 58.1 Å². The smallest absolute Gasteiger partial charge is 0.191 e. The Balaban J connectivity index is 2.34. The fourth-order valence-corrected chi connectivity index (χ4v) is 2.96. The van der Waals surface area contributed by atoms with E-state index in [4.69, 9.17) is 16.0 Å². The molecule has 0 aromatic heterocycles. The van der Waals surface area contributed by atoms with Gasteiger partial charge in [-0.15, -0.1) is 11.6 Å². The van der Waals surface area contributed by atoms with E-state index in [0.717, 1.165) is 19.4 Å². The number of benzene rings is 1. The fourth-order valence-electron chi connectivity index (χ4n) is 1.63. The van der Waals surface area contributed by atoms with Crippen LogP contribution in [0.5, 0.6) is 0 Å². The van der Waals surface area contributed by atoms with Crippen molar-refractivity contribution in [3.05, 3.63) is 35.9 Å². The molecule has 0 N–H and O–H groups in total. The van der Waals surface area contributed by atoms with E-state index in [1.165, 1.54) is 5.56 Å². The Hall–Kier alpha value is -0.313. The summed E-state index contributed by atoms with van der Waals surface area (Å²) in [6.45, 7) is 12.1. The van der Waals surface area contributed by atoms with E-state index in [9.17, 15) is 0 Å². The standard InChI is InChI=1S/C16H27ClOSi/c1-16(2,3)19(4,5)18-12-11-15(17)13-14-9-7-6-8-10-14/h6-10,15H,11-13H2,1-5H3. The number of halogens is 1. The summed E-state index contributed by atoms with van der Waals surface area (Å²) in [5.74, 6) is 0. The lowest BCUT2D eigenvalue weighted by Crippen LogP contribution is -2.41. The maximum absolute atomic E-state index is 6.39. The topological polar surface area (TPSA) is 9.23 Å². The van der Waals surface area contributed by atoms with Crippen LogP contribution in [-0.4, -0.2) is 20.3 Å². The average Bonchev–Trinajstić information content (AvgIpc) is 2.28. The molecule has 0 bridgehead atoms. The largest absolute Gasteiger partial charge is 0.417 e. The summed E-state index contributed by atoms with van der Waals surface area (Å²) in [7, 11) is -1.62. The van der Waals surface area contributed by atoms with Gasteiger partial charge in [0.05, 0.1) is 0 Å². The van der Waals surface area contributed by atoms with Gasteiger partial charge < -0.3 is 4.43 Å². The number of hydrogen-bond acceptors (Lipinski definition) is 1. The van der Waals surface area contributed by atoms with Crippen LogP contribution in [0.2, 0.25) is 18.1 Å². The zero-order valence-electron chi connectivity index (χ0n) is 12.9. The van der Waals surface area contributed by atoms with Crippen LogP contribution < -0.4 is 0 Å². The van der Waals surface area contributed by atoms with E-state index in [1.54, 1.807) is 0 Å². The third kappa shape index (κ3) is 5.68. The minimum atomic E-state index is -1.62. The number of alkyl halides is 1. The molecular weight excluding hydrogens is 272 g/mol. The highest BCUT2D eigenvalue weighted by Crippen LogP contribution is 2.36. The highest BCUT2D eigenvalue weighted by atomic mass is 35.5. The molecule has 0 aliphatic heterocycles. The molecule has 1 nitrogen and oxygen atoms in total. The zero-order chi connectivity index (χ0) is 14.5. The van der Waals surface area contributed by atoms with Gasteiger partial charge in [0.2, 0.25) is 0 Å². The SMILES string of the molecule is CC(C)(C)[Si](C)(C)OCCC(Cl)Cc1ccccc1. The zero-order valence-corrected chi connectivity index (χ0v) is 14.6. The molecule has 108 valence electrons. The molecule has 0 spiro atoms. The van der Waals surface area contributed by atoms with Gasteiger partial charge in [-0.2, -0.15) is 0 Å². The summed E-state index contributed by atoms with van der Waals surface area (Å²) >= 11 is 6.39. The third-order valence-electron chi connectivity index (χ3n) is 4.00. The minimum Gasteiger partial charge on any atom is -0.417 e. The summed E-state index contributed by atoms with van der Waals surface area (Å²) < 4.78 is 6.16. The summed E-state index contributed by atoms with van der Waals surface area (Å²) in [6, 6.07) is 10.4. The first kappa shape index (κ1) is 16.7. The van der Waals surface area contributed by atoms with E-state index >= 15 is 0 Å². The maximum Gasteiger partial charge on any atom is 0.191 e. The Kier molecular flexibility index (Phi) is 6.09. The van der Waals surface area contributed by atoms with Gasteiger partial charge in [0.15, 0.2) is 8.32 Å². The average molecular weight is 299 g/mol. The molecule has 0 fully saturated rings. The van der Waals surface area contributed by atoms with Gasteiger partial charge in [0.25, 0.3) is 0 Å². The quantitative estimate of drug-likeness (QED) is 0.515. The molecule has 0 saturated heterocycles. The van der Waals surface area contributed by atoms with E-state index in [1.807, 2.05) is 6.07 Å². The molecule has 0 saturated carbocycles. The van der Waals surface area contributed by atoms with Crippen LogP contribution in [0.15, 0.2) is 30.3 Å². The summed E-state index contributed by atoms with van der Waals surface area (Å²) in [5.41, 5.74) is 1.30. The van der Waals surface area contributed by atoms with Gasteiger partial charge in [-0.05, 0) is 36.5 Å². The van der Waals surface area contributed by atoms with Crippen molar-refractivity contribution in [2.75, 3.05) is 6.61 Å². The predicted molar refractivity (Wildman–Crippen MR) is 87.6 cm³/mol. The minimum absolute atomic E-state index is 0.159. The van der Waals surface area contributed by atoms with Crippen molar-refractivity contribution in [3.63, 3.8) is 0 Å². The summed E-state index contributed by atoms with van der Waals surface area (Å²) in [5, 5.41) is 0.431. The first-order valence-corrected chi connectivity index (χ1v) is 10.4. The molecule has 1 aromatic rings. The Morgan fingerprint density at radius 2 is 1.74 bits per heavy atom. The molecular formula is C16H27ClOSi. The highest BCUT2D eigenvalue weighted by molar-refractivity contribution is 6.74. The van der Waals surface area contributed by atoms with E-state index < -0.39 is 8.32 Å². The molecule has 19 heavy (non-hydrogen) atoms. The Labute approximate surface area is 124 Å². The van der Waals surface area contributed by atoms with Crippen LogP contribution in [0.25, 0.3) is 0 Å². The van der Waals surface area contributed by atoms with Crippen molar-refractivity contribution in [2.24, 2.45) is 0 Å². The first-order chi connectivity index (χ1) is 8.72. The predicted octanol–water partition coefficient (Wildman–Crippen LogP) is 5.25. The molecule has 0 aliphatic carbocycles. The monoisotopic (exact) mass is 298 g/mol. The lowest BCUT2D eigenvalue weighted by Gasteiger charge is -2.36. The molecule has 0 aliphatic rings. The van der Waals surface area contributed by atoms with Crippen LogP contribution in [0.4, 0.5) is 0 Å². The lowest BCUT2D eigenvalue weighted by molar-refractivity contribution is 0.280. The first-order valence-electron chi connectivity index (χ1n) is 7.04. The number of hydrogen-bond donors (Lipinski definition) is 0. The normalized spacial score (nSPS) is 14.4. The molecule has 0 amide bonds. The lowest BCUT2D eigenvalue weighted by atomic mass is 10.1. The van der Waals surface area contributed by atoms with E-state index in [0.29, 0.717) is 0 Å². The van der Waals surface area contributed by atoms with Crippen LogP contribution in [0.3, 0.4) is 0 Å². The maximum atomic E-state index is 6.39. The highest BCUT2D eigenvalue weighted by Gasteiger charge is 2.36. The number of rotatable bonds is 6.